The number of amides is 2. The van der Waals surface area contributed by atoms with E-state index in [0.717, 1.165) is 11.1 Å². The summed E-state index contributed by atoms with van der Waals surface area (Å²) in [5, 5.41) is 4.89. The number of ketones is 1. The molecule has 8 heteroatoms. The Hall–Kier alpha value is -3.26. The molecule has 2 aromatic carbocycles. The summed E-state index contributed by atoms with van der Waals surface area (Å²) in [5.74, 6) is -3.69. The van der Waals surface area contributed by atoms with Gasteiger partial charge in [-0.2, -0.15) is 0 Å². The third kappa shape index (κ3) is 4.78. The average Bonchev–Trinajstić information content (AvgIpc) is 2.94. The maximum Gasteiger partial charge on any atom is 0.239 e. The van der Waals surface area contributed by atoms with E-state index in [-0.39, 0.29) is 11.5 Å². The monoisotopic (exact) mass is 412 g/mol. The lowest BCUT2D eigenvalue weighted by molar-refractivity contribution is -0.117. The summed E-state index contributed by atoms with van der Waals surface area (Å²) in [4.78, 5) is 36.5. The highest BCUT2D eigenvalue weighted by atomic mass is 32.2. The van der Waals surface area contributed by atoms with Crippen molar-refractivity contribution in [1.82, 2.24) is 5.32 Å². The van der Waals surface area contributed by atoms with Crippen LogP contribution < -0.4 is 10.6 Å². The Kier molecular flexibility index (Phi) is 5.65. The standard InChI is InChI=1S/C21H20N2O5S/c1-13-6-5-9-17(14(13)2)22-19(24)11-29(27,28)12-20(25)23-18-10-15-7-3-4-8-16(15)21(18)26/h3-10H,11-12H2,1-2H3,(H,22,24)(H,23,25,26). The van der Waals surface area contributed by atoms with Crippen LogP contribution in [0, 0.1) is 13.8 Å². The van der Waals surface area contributed by atoms with E-state index in [1.165, 1.54) is 6.08 Å². The van der Waals surface area contributed by atoms with Crippen LogP contribution in [0.25, 0.3) is 6.08 Å². The van der Waals surface area contributed by atoms with Gasteiger partial charge in [0, 0.05) is 11.3 Å². The number of rotatable bonds is 6. The number of Topliss-reactive ketones (excluding diaryl/α,β-unsaturated/α-hetero) is 1. The summed E-state index contributed by atoms with van der Waals surface area (Å²) >= 11 is 0. The molecule has 0 fully saturated rings. The van der Waals surface area contributed by atoms with Crippen molar-refractivity contribution < 1.29 is 22.8 Å². The maximum atomic E-state index is 12.2. The van der Waals surface area contributed by atoms with Crippen molar-refractivity contribution in [3.05, 3.63) is 70.4 Å². The van der Waals surface area contributed by atoms with Crippen molar-refractivity contribution in [3.8, 4) is 0 Å². The molecule has 0 aliphatic heterocycles. The van der Waals surface area contributed by atoms with Crippen LogP contribution in [0.2, 0.25) is 0 Å². The first-order valence-corrected chi connectivity index (χ1v) is 10.7. The van der Waals surface area contributed by atoms with Crippen LogP contribution in [-0.4, -0.2) is 37.5 Å². The number of aryl methyl sites for hydroxylation is 1. The fourth-order valence-electron chi connectivity index (χ4n) is 3.00. The predicted octanol–water partition coefficient (Wildman–Crippen LogP) is 2.01. The molecule has 0 heterocycles. The highest BCUT2D eigenvalue weighted by Gasteiger charge is 2.26. The van der Waals surface area contributed by atoms with Crippen molar-refractivity contribution in [2.24, 2.45) is 0 Å². The molecular weight excluding hydrogens is 392 g/mol. The number of carbonyl (C=O) groups excluding carboxylic acids is 3. The van der Waals surface area contributed by atoms with Gasteiger partial charge in [0.15, 0.2) is 9.84 Å². The van der Waals surface area contributed by atoms with E-state index in [1.54, 1.807) is 36.4 Å². The number of carbonyl (C=O) groups is 3. The molecule has 0 unspecified atom stereocenters. The van der Waals surface area contributed by atoms with Crippen molar-refractivity contribution in [3.63, 3.8) is 0 Å². The maximum absolute atomic E-state index is 12.2. The Balaban J connectivity index is 1.59. The highest BCUT2D eigenvalue weighted by molar-refractivity contribution is 7.92. The van der Waals surface area contributed by atoms with Crippen molar-refractivity contribution in [2.75, 3.05) is 16.8 Å². The number of hydrogen-bond acceptors (Lipinski definition) is 5. The molecule has 2 aromatic rings. The first-order valence-electron chi connectivity index (χ1n) is 8.88. The second-order valence-electron chi connectivity index (χ2n) is 6.85. The third-order valence-electron chi connectivity index (χ3n) is 4.60. The van der Waals surface area contributed by atoms with Gasteiger partial charge in [0.2, 0.25) is 17.6 Å². The molecule has 0 atom stereocenters. The van der Waals surface area contributed by atoms with Gasteiger partial charge in [0.25, 0.3) is 0 Å². The molecule has 29 heavy (non-hydrogen) atoms. The van der Waals surface area contributed by atoms with Crippen LogP contribution in [0.1, 0.15) is 27.0 Å². The van der Waals surface area contributed by atoms with Crippen LogP contribution in [0.4, 0.5) is 5.69 Å². The van der Waals surface area contributed by atoms with Crippen LogP contribution >= 0.6 is 0 Å². The number of nitrogens with one attached hydrogen (secondary N) is 2. The van der Waals surface area contributed by atoms with Crippen LogP contribution in [0.3, 0.4) is 0 Å². The van der Waals surface area contributed by atoms with E-state index in [2.05, 4.69) is 10.6 Å². The van der Waals surface area contributed by atoms with Gasteiger partial charge in [-0.15, -0.1) is 0 Å². The number of benzene rings is 2. The minimum Gasteiger partial charge on any atom is -0.325 e. The Labute approximate surface area is 168 Å². The van der Waals surface area contributed by atoms with E-state index in [0.29, 0.717) is 16.8 Å². The number of fused-ring (bicyclic) bond motifs is 1. The van der Waals surface area contributed by atoms with Gasteiger partial charge in [-0.3, -0.25) is 14.4 Å². The second-order valence-corrected chi connectivity index (χ2v) is 8.91. The minimum atomic E-state index is -4.01. The van der Waals surface area contributed by atoms with E-state index < -0.39 is 33.2 Å². The molecule has 150 valence electrons. The zero-order chi connectivity index (χ0) is 21.2. The summed E-state index contributed by atoms with van der Waals surface area (Å²) in [6.07, 6.45) is 1.50. The molecule has 7 nitrogen and oxygen atoms in total. The molecule has 0 bridgehead atoms. The van der Waals surface area contributed by atoms with Crippen molar-refractivity contribution in [2.45, 2.75) is 13.8 Å². The van der Waals surface area contributed by atoms with Crippen LogP contribution in [0.5, 0.6) is 0 Å². The molecule has 2 amide bonds. The topological polar surface area (TPSA) is 109 Å². The minimum absolute atomic E-state index is 0.0197. The highest BCUT2D eigenvalue weighted by Crippen LogP contribution is 2.23. The second kappa shape index (κ2) is 8.00. The Morgan fingerprint density at radius 1 is 0.897 bits per heavy atom. The molecule has 0 saturated heterocycles. The van der Waals surface area contributed by atoms with Gasteiger partial charge in [0.05, 0.1) is 5.70 Å². The molecule has 0 aromatic heterocycles. The van der Waals surface area contributed by atoms with Crippen LogP contribution in [0.15, 0.2) is 48.2 Å². The molecule has 0 spiro atoms. The molecule has 2 N–H and O–H groups in total. The largest absolute Gasteiger partial charge is 0.325 e. The Morgan fingerprint density at radius 2 is 1.55 bits per heavy atom. The summed E-state index contributed by atoms with van der Waals surface area (Å²) in [6, 6.07) is 12.1. The molecule has 1 aliphatic rings. The summed E-state index contributed by atoms with van der Waals surface area (Å²) in [7, 11) is -4.01. The smallest absolute Gasteiger partial charge is 0.239 e. The number of anilines is 1. The van der Waals surface area contributed by atoms with E-state index in [4.69, 9.17) is 0 Å². The van der Waals surface area contributed by atoms with Gasteiger partial charge in [-0.1, -0.05) is 36.4 Å². The molecule has 3 rings (SSSR count). The quantitative estimate of drug-likeness (QED) is 0.754. The molecule has 1 aliphatic carbocycles. The van der Waals surface area contributed by atoms with Crippen LogP contribution in [-0.2, 0) is 19.4 Å². The van der Waals surface area contributed by atoms with E-state index in [9.17, 15) is 22.8 Å². The zero-order valence-corrected chi connectivity index (χ0v) is 16.8. The number of hydrogen-bond donors (Lipinski definition) is 2. The lowest BCUT2D eigenvalue weighted by atomic mass is 10.1. The molecular formula is C21H20N2O5S. The van der Waals surface area contributed by atoms with Crippen molar-refractivity contribution >= 4 is 39.2 Å². The fourth-order valence-corrected chi connectivity index (χ4v) is 4.04. The normalized spacial score (nSPS) is 12.9. The number of sulfone groups is 1. The van der Waals surface area contributed by atoms with Gasteiger partial charge in [-0.05, 0) is 42.7 Å². The summed E-state index contributed by atoms with van der Waals surface area (Å²) < 4.78 is 24.5. The lowest BCUT2D eigenvalue weighted by Gasteiger charge is -2.11. The van der Waals surface area contributed by atoms with Gasteiger partial charge in [0.1, 0.15) is 11.5 Å². The summed E-state index contributed by atoms with van der Waals surface area (Å²) in [5.41, 5.74) is 3.44. The molecule has 0 radical (unpaired) electrons. The van der Waals surface area contributed by atoms with E-state index >= 15 is 0 Å². The SMILES string of the molecule is Cc1cccc(NC(=O)CS(=O)(=O)CC(=O)NC2=Cc3ccccc3C2=O)c1C. The fraction of sp³-hybridized carbons (Fsp3) is 0.190. The average molecular weight is 412 g/mol. The van der Waals surface area contributed by atoms with Crippen molar-refractivity contribution in [1.29, 1.82) is 0 Å². The first-order chi connectivity index (χ1) is 13.7. The third-order valence-corrected chi connectivity index (χ3v) is 6.01. The summed E-state index contributed by atoms with van der Waals surface area (Å²) in [6.45, 7) is 3.70. The predicted molar refractivity (Wildman–Crippen MR) is 110 cm³/mol. The Morgan fingerprint density at radius 3 is 2.24 bits per heavy atom. The Bertz CT molecular complexity index is 1150. The molecule has 0 saturated carbocycles. The van der Waals surface area contributed by atoms with E-state index in [1.807, 2.05) is 19.9 Å². The van der Waals surface area contributed by atoms with Gasteiger partial charge >= 0.3 is 0 Å². The van der Waals surface area contributed by atoms with Gasteiger partial charge in [-0.25, -0.2) is 8.42 Å². The number of allylic oxidation sites excluding steroid dienone is 1. The zero-order valence-electron chi connectivity index (χ0n) is 16.0. The first kappa shape index (κ1) is 20.5. The lowest BCUT2D eigenvalue weighted by Crippen LogP contribution is -2.34. The van der Waals surface area contributed by atoms with Gasteiger partial charge < -0.3 is 10.6 Å².